The van der Waals surface area contributed by atoms with Gasteiger partial charge in [-0.05, 0) is 24.4 Å². The molecular formula is C11H11NO2S2. The molecule has 0 spiro atoms. The summed E-state index contributed by atoms with van der Waals surface area (Å²) in [5.74, 6) is -0.340. The van der Waals surface area contributed by atoms with Gasteiger partial charge in [0.1, 0.15) is 4.88 Å². The second kappa shape index (κ2) is 4.67. The maximum atomic E-state index is 11.6. The van der Waals surface area contributed by atoms with Crippen molar-refractivity contribution in [1.29, 1.82) is 0 Å². The molecule has 0 radical (unpaired) electrons. The molecule has 2 heterocycles. The molecule has 16 heavy (non-hydrogen) atoms. The van der Waals surface area contributed by atoms with E-state index in [9.17, 15) is 4.79 Å². The van der Waals surface area contributed by atoms with Crippen molar-refractivity contribution in [2.75, 3.05) is 12.3 Å². The van der Waals surface area contributed by atoms with Gasteiger partial charge in [-0.3, -0.25) is 0 Å². The Bertz CT molecular complexity index is 488. The molecule has 84 valence electrons. The fourth-order valence-electron chi connectivity index (χ4n) is 1.30. The molecule has 2 aromatic rings. The van der Waals surface area contributed by atoms with Gasteiger partial charge < -0.3 is 10.5 Å². The lowest BCUT2D eigenvalue weighted by molar-refractivity contribution is 0.0533. The number of anilines is 1. The van der Waals surface area contributed by atoms with Crippen LogP contribution in [0.5, 0.6) is 0 Å². The van der Waals surface area contributed by atoms with Crippen molar-refractivity contribution in [3.63, 3.8) is 0 Å². The highest BCUT2D eigenvalue weighted by Crippen LogP contribution is 2.35. The number of carbonyl (C=O) groups is 1. The number of esters is 1. The predicted molar refractivity (Wildman–Crippen MR) is 68.0 cm³/mol. The zero-order valence-electron chi connectivity index (χ0n) is 8.73. The van der Waals surface area contributed by atoms with Crippen LogP contribution in [0.1, 0.15) is 16.6 Å². The van der Waals surface area contributed by atoms with E-state index in [4.69, 9.17) is 10.5 Å². The first-order valence-electron chi connectivity index (χ1n) is 4.82. The van der Waals surface area contributed by atoms with Crippen LogP contribution in [0.3, 0.4) is 0 Å². The Morgan fingerprint density at radius 2 is 2.31 bits per heavy atom. The van der Waals surface area contributed by atoms with Crippen LogP contribution in [0, 0.1) is 0 Å². The molecule has 0 bridgehead atoms. The molecule has 0 aliphatic heterocycles. The Hall–Kier alpha value is -1.33. The first-order chi connectivity index (χ1) is 7.72. The molecule has 3 nitrogen and oxygen atoms in total. The van der Waals surface area contributed by atoms with E-state index < -0.39 is 0 Å². The van der Waals surface area contributed by atoms with Crippen LogP contribution in [0.2, 0.25) is 0 Å². The van der Waals surface area contributed by atoms with Gasteiger partial charge in [0.05, 0.1) is 12.3 Å². The molecule has 0 saturated carbocycles. The Kier molecular flexibility index (Phi) is 3.26. The Labute approximate surface area is 101 Å². The van der Waals surface area contributed by atoms with Crippen LogP contribution < -0.4 is 5.73 Å². The van der Waals surface area contributed by atoms with Gasteiger partial charge in [-0.25, -0.2) is 4.79 Å². The molecule has 2 N–H and O–H groups in total. The fraction of sp³-hybridized carbons (Fsp3) is 0.182. The average Bonchev–Trinajstić information content (AvgIpc) is 2.86. The number of hydrogen-bond acceptors (Lipinski definition) is 5. The summed E-state index contributed by atoms with van der Waals surface area (Å²) in [6.45, 7) is 2.15. The molecule has 0 aliphatic carbocycles. The van der Waals surface area contributed by atoms with Crippen LogP contribution in [0.4, 0.5) is 5.69 Å². The second-order valence-electron chi connectivity index (χ2n) is 3.09. The van der Waals surface area contributed by atoms with Crippen LogP contribution in [-0.2, 0) is 4.74 Å². The van der Waals surface area contributed by atoms with Crippen molar-refractivity contribution in [2.24, 2.45) is 0 Å². The quantitative estimate of drug-likeness (QED) is 0.854. The normalized spacial score (nSPS) is 10.3. The Morgan fingerprint density at radius 1 is 1.50 bits per heavy atom. The Balaban J connectivity index is 2.32. The van der Waals surface area contributed by atoms with Gasteiger partial charge in [0.15, 0.2) is 0 Å². The first kappa shape index (κ1) is 11.2. The number of nitrogens with two attached hydrogens (primary N) is 1. The monoisotopic (exact) mass is 253 g/mol. The maximum Gasteiger partial charge on any atom is 0.350 e. The van der Waals surface area contributed by atoms with Crippen LogP contribution in [0.25, 0.3) is 9.75 Å². The average molecular weight is 253 g/mol. The summed E-state index contributed by atoms with van der Waals surface area (Å²) < 4.78 is 4.93. The van der Waals surface area contributed by atoms with E-state index in [0.717, 1.165) is 9.75 Å². The number of carbonyl (C=O) groups excluding carboxylic acids is 1. The lowest BCUT2D eigenvalue weighted by atomic mass is 10.3. The Morgan fingerprint density at radius 3 is 2.94 bits per heavy atom. The van der Waals surface area contributed by atoms with E-state index in [1.165, 1.54) is 11.3 Å². The SMILES string of the molecule is CCOC(=O)c1sc(-c2cccs2)cc1N. The van der Waals surface area contributed by atoms with Gasteiger partial charge in [0, 0.05) is 9.75 Å². The standard InChI is InChI=1S/C11H11NO2S2/c1-2-14-11(13)10-7(12)6-9(16-10)8-4-3-5-15-8/h3-6H,2,12H2,1H3. The number of ether oxygens (including phenoxy) is 1. The highest BCUT2D eigenvalue weighted by Gasteiger charge is 2.16. The van der Waals surface area contributed by atoms with Crippen LogP contribution in [-0.4, -0.2) is 12.6 Å². The summed E-state index contributed by atoms with van der Waals surface area (Å²) in [7, 11) is 0. The summed E-state index contributed by atoms with van der Waals surface area (Å²) in [6, 6.07) is 5.80. The van der Waals surface area contributed by atoms with Crippen molar-refractivity contribution in [3.05, 3.63) is 28.5 Å². The summed E-state index contributed by atoms with van der Waals surface area (Å²) in [5.41, 5.74) is 6.29. The van der Waals surface area contributed by atoms with E-state index >= 15 is 0 Å². The molecule has 0 aromatic carbocycles. The molecule has 0 saturated heterocycles. The largest absolute Gasteiger partial charge is 0.462 e. The first-order valence-corrected chi connectivity index (χ1v) is 6.52. The highest BCUT2D eigenvalue weighted by atomic mass is 32.1. The predicted octanol–water partition coefficient (Wildman–Crippen LogP) is 3.24. The van der Waals surface area contributed by atoms with E-state index in [1.807, 2.05) is 23.6 Å². The molecular weight excluding hydrogens is 242 g/mol. The van der Waals surface area contributed by atoms with Gasteiger partial charge in [-0.15, -0.1) is 22.7 Å². The number of nitrogen functional groups attached to an aromatic ring is 1. The van der Waals surface area contributed by atoms with Crippen molar-refractivity contribution < 1.29 is 9.53 Å². The van der Waals surface area contributed by atoms with Gasteiger partial charge in [0.25, 0.3) is 0 Å². The number of rotatable bonds is 3. The van der Waals surface area contributed by atoms with Gasteiger partial charge >= 0.3 is 5.97 Å². The number of hydrogen-bond donors (Lipinski definition) is 1. The van der Waals surface area contributed by atoms with E-state index in [0.29, 0.717) is 17.2 Å². The third-order valence-electron chi connectivity index (χ3n) is 1.99. The van der Waals surface area contributed by atoms with Gasteiger partial charge in [0.2, 0.25) is 0 Å². The lowest BCUT2D eigenvalue weighted by Gasteiger charge is -1.98. The third-order valence-corrected chi connectivity index (χ3v) is 4.18. The molecule has 0 aliphatic rings. The third kappa shape index (κ3) is 2.10. The van der Waals surface area contributed by atoms with Crippen molar-refractivity contribution >= 4 is 34.3 Å². The van der Waals surface area contributed by atoms with E-state index in [1.54, 1.807) is 18.3 Å². The molecule has 2 aromatic heterocycles. The summed E-state index contributed by atoms with van der Waals surface area (Å²) in [4.78, 5) is 14.2. The summed E-state index contributed by atoms with van der Waals surface area (Å²) >= 11 is 3.00. The molecule has 0 unspecified atom stereocenters. The zero-order valence-corrected chi connectivity index (χ0v) is 10.4. The highest BCUT2D eigenvalue weighted by molar-refractivity contribution is 7.22. The summed E-state index contributed by atoms with van der Waals surface area (Å²) in [6.07, 6.45) is 0. The van der Waals surface area contributed by atoms with Crippen LogP contribution >= 0.6 is 22.7 Å². The van der Waals surface area contributed by atoms with E-state index in [2.05, 4.69) is 0 Å². The van der Waals surface area contributed by atoms with E-state index in [-0.39, 0.29) is 5.97 Å². The molecule has 0 atom stereocenters. The van der Waals surface area contributed by atoms with Crippen LogP contribution in [0.15, 0.2) is 23.6 Å². The molecule has 0 amide bonds. The van der Waals surface area contributed by atoms with Gasteiger partial charge in [-0.1, -0.05) is 6.07 Å². The van der Waals surface area contributed by atoms with Crippen molar-refractivity contribution in [3.8, 4) is 9.75 Å². The maximum absolute atomic E-state index is 11.6. The number of thiophene rings is 2. The topological polar surface area (TPSA) is 52.3 Å². The lowest BCUT2D eigenvalue weighted by Crippen LogP contribution is -2.04. The fourth-order valence-corrected chi connectivity index (χ4v) is 3.10. The minimum atomic E-state index is -0.340. The van der Waals surface area contributed by atoms with Gasteiger partial charge in [-0.2, -0.15) is 0 Å². The smallest absolute Gasteiger partial charge is 0.350 e. The molecule has 0 fully saturated rings. The summed E-state index contributed by atoms with van der Waals surface area (Å²) in [5, 5.41) is 2.00. The van der Waals surface area contributed by atoms with Crippen molar-refractivity contribution in [2.45, 2.75) is 6.92 Å². The molecule has 5 heteroatoms. The molecule has 2 rings (SSSR count). The van der Waals surface area contributed by atoms with Crippen molar-refractivity contribution in [1.82, 2.24) is 0 Å². The second-order valence-corrected chi connectivity index (χ2v) is 5.09. The minimum absolute atomic E-state index is 0.340. The zero-order chi connectivity index (χ0) is 11.5. The minimum Gasteiger partial charge on any atom is -0.462 e.